The number of amides is 1. The zero-order chi connectivity index (χ0) is 20.1. The second-order valence-corrected chi connectivity index (χ2v) is 9.62. The SMILES string of the molecule is CC1CN(S(=O)(=O)c2ccc3c(c2)CC(=O)N3C)CC(C)N1c1ccccc1. The highest BCUT2D eigenvalue weighted by molar-refractivity contribution is 7.89. The molecule has 28 heavy (non-hydrogen) atoms. The monoisotopic (exact) mass is 399 g/mol. The lowest BCUT2D eigenvalue weighted by Gasteiger charge is -2.45. The molecule has 1 saturated heterocycles. The highest BCUT2D eigenvalue weighted by atomic mass is 32.2. The smallest absolute Gasteiger partial charge is 0.243 e. The zero-order valence-corrected chi connectivity index (χ0v) is 17.2. The Balaban J connectivity index is 1.60. The average Bonchev–Trinajstić information content (AvgIpc) is 2.95. The Kier molecular flexibility index (Phi) is 4.67. The normalized spacial score (nSPS) is 23.2. The quantitative estimate of drug-likeness (QED) is 0.796. The molecule has 1 fully saturated rings. The van der Waals surface area contributed by atoms with Crippen molar-refractivity contribution < 1.29 is 13.2 Å². The first-order valence-electron chi connectivity index (χ1n) is 9.52. The number of para-hydroxylation sites is 1. The van der Waals surface area contributed by atoms with Gasteiger partial charge in [-0.2, -0.15) is 4.31 Å². The van der Waals surface area contributed by atoms with Crippen LogP contribution in [0.4, 0.5) is 11.4 Å². The van der Waals surface area contributed by atoms with E-state index >= 15 is 0 Å². The largest absolute Gasteiger partial charge is 0.363 e. The van der Waals surface area contributed by atoms with Crippen LogP contribution in [0.3, 0.4) is 0 Å². The summed E-state index contributed by atoms with van der Waals surface area (Å²) in [6.45, 7) is 4.97. The predicted molar refractivity (Wildman–Crippen MR) is 110 cm³/mol. The summed E-state index contributed by atoms with van der Waals surface area (Å²) < 4.78 is 28.2. The van der Waals surface area contributed by atoms with Crippen molar-refractivity contribution in [3.63, 3.8) is 0 Å². The molecule has 0 radical (unpaired) electrons. The lowest BCUT2D eigenvalue weighted by atomic mass is 10.1. The molecule has 0 saturated carbocycles. The van der Waals surface area contributed by atoms with Crippen LogP contribution in [0.25, 0.3) is 0 Å². The van der Waals surface area contributed by atoms with E-state index in [0.29, 0.717) is 13.1 Å². The number of piperazine rings is 1. The van der Waals surface area contributed by atoms with Crippen LogP contribution in [0.1, 0.15) is 19.4 Å². The summed E-state index contributed by atoms with van der Waals surface area (Å²) in [5.74, 6) is -0.0109. The minimum absolute atomic E-state index is 0.0109. The molecule has 2 aromatic carbocycles. The highest BCUT2D eigenvalue weighted by Crippen LogP contribution is 2.32. The third-order valence-corrected chi connectivity index (χ3v) is 7.53. The minimum Gasteiger partial charge on any atom is -0.363 e. The number of hydrogen-bond acceptors (Lipinski definition) is 4. The minimum atomic E-state index is -3.61. The number of carbonyl (C=O) groups excluding carboxylic acids is 1. The topological polar surface area (TPSA) is 60.9 Å². The van der Waals surface area contributed by atoms with E-state index < -0.39 is 10.0 Å². The van der Waals surface area contributed by atoms with Gasteiger partial charge in [-0.25, -0.2) is 8.42 Å². The molecule has 0 spiro atoms. The van der Waals surface area contributed by atoms with Crippen molar-refractivity contribution in [1.29, 1.82) is 0 Å². The van der Waals surface area contributed by atoms with Gasteiger partial charge in [0.05, 0.1) is 11.3 Å². The number of nitrogens with zero attached hydrogens (tertiary/aromatic N) is 3. The van der Waals surface area contributed by atoms with E-state index in [1.165, 1.54) is 0 Å². The first kappa shape index (κ1) is 19.0. The number of carbonyl (C=O) groups is 1. The van der Waals surface area contributed by atoms with Crippen molar-refractivity contribution in [1.82, 2.24) is 4.31 Å². The van der Waals surface area contributed by atoms with Crippen molar-refractivity contribution in [3.05, 3.63) is 54.1 Å². The van der Waals surface area contributed by atoms with Gasteiger partial charge in [-0.15, -0.1) is 0 Å². The molecule has 2 heterocycles. The first-order chi connectivity index (χ1) is 13.3. The molecule has 2 aliphatic heterocycles. The number of rotatable bonds is 3. The molecule has 6 nitrogen and oxygen atoms in total. The van der Waals surface area contributed by atoms with Gasteiger partial charge in [0.15, 0.2) is 0 Å². The van der Waals surface area contributed by atoms with E-state index in [2.05, 4.69) is 30.9 Å². The van der Waals surface area contributed by atoms with E-state index in [1.54, 1.807) is 34.5 Å². The summed E-state index contributed by atoms with van der Waals surface area (Å²) in [5, 5.41) is 0. The fourth-order valence-electron chi connectivity index (χ4n) is 4.34. The lowest BCUT2D eigenvalue weighted by Crippen LogP contribution is -2.58. The van der Waals surface area contributed by atoms with Crippen LogP contribution < -0.4 is 9.80 Å². The number of anilines is 2. The summed E-state index contributed by atoms with van der Waals surface area (Å²) >= 11 is 0. The molecule has 148 valence electrons. The number of hydrogen-bond donors (Lipinski definition) is 0. The molecule has 2 unspecified atom stereocenters. The molecule has 2 aliphatic rings. The van der Waals surface area contributed by atoms with E-state index in [-0.39, 0.29) is 29.3 Å². The molecule has 0 bridgehead atoms. The van der Waals surface area contributed by atoms with E-state index in [4.69, 9.17) is 0 Å². The van der Waals surface area contributed by atoms with Crippen molar-refractivity contribution in [3.8, 4) is 0 Å². The maximum atomic E-state index is 13.3. The van der Waals surface area contributed by atoms with E-state index in [1.807, 2.05) is 18.2 Å². The maximum absolute atomic E-state index is 13.3. The van der Waals surface area contributed by atoms with Gasteiger partial charge in [0.25, 0.3) is 0 Å². The molecule has 1 amide bonds. The van der Waals surface area contributed by atoms with Crippen LogP contribution in [0, 0.1) is 0 Å². The molecular formula is C21H25N3O3S. The predicted octanol–water partition coefficient (Wildman–Crippen LogP) is 2.49. The number of benzene rings is 2. The second-order valence-electron chi connectivity index (χ2n) is 7.68. The van der Waals surface area contributed by atoms with Crippen molar-refractivity contribution in [2.75, 3.05) is 29.9 Å². The molecule has 0 aliphatic carbocycles. The summed E-state index contributed by atoms with van der Waals surface area (Å²) in [6, 6.07) is 15.2. The Labute approximate surface area is 166 Å². The fourth-order valence-corrected chi connectivity index (χ4v) is 5.99. The van der Waals surface area contributed by atoms with Crippen LogP contribution in [-0.4, -0.2) is 50.9 Å². The molecule has 7 heteroatoms. The summed E-state index contributed by atoms with van der Waals surface area (Å²) in [6.07, 6.45) is 0.254. The van der Waals surface area contributed by atoms with Gasteiger partial charge in [-0.3, -0.25) is 4.79 Å². The van der Waals surface area contributed by atoms with Gasteiger partial charge >= 0.3 is 0 Å². The Morgan fingerprint density at radius 2 is 1.61 bits per heavy atom. The van der Waals surface area contributed by atoms with Gasteiger partial charge in [0.1, 0.15) is 0 Å². The van der Waals surface area contributed by atoms with Crippen LogP contribution in [-0.2, 0) is 21.2 Å². The summed E-state index contributed by atoms with van der Waals surface area (Å²) in [5.41, 5.74) is 2.68. The third kappa shape index (κ3) is 3.08. The standard InChI is InChI=1S/C21H25N3O3S/c1-15-13-23(14-16(2)24(15)18-7-5-4-6-8-18)28(26,27)19-9-10-20-17(11-19)12-21(25)22(20)3/h4-11,15-16H,12-14H2,1-3H3. The average molecular weight is 400 g/mol. The highest BCUT2D eigenvalue weighted by Gasteiger charge is 2.37. The van der Waals surface area contributed by atoms with Gasteiger partial charge in [-0.1, -0.05) is 18.2 Å². The Morgan fingerprint density at radius 1 is 0.964 bits per heavy atom. The molecule has 0 aromatic heterocycles. The third-order valence-electron chi connectivity index (χ3n) is 5.71. The summed E-state index contributed by atoms with van der Waals surface area (Å²) in [4.78, 5) is 16.0. The van der Waals surface area contributed by atoms with Gasteiger partial charge in [0.2, 0.25) is 15.9 Å². The van der Waals surface area contributed by atoms with Crippen molar-refractivity contribution >= 4 is 27.3 Å². The first-order valence-corrected chi connectivity index (χ1v) is 11.0. The molecule has 2 atom stereocenters. The Morgan fingerprint density at radius 3 is 2.25 bits per heavy atom. The summed E-state index contributed by atoms with van der Waals surface area (Å²) in [7, 11) is -1.90. The van der Waals surface area contributed by atoms with Crippen molar-refractivity contribution in [2.45, 2.75) is 37.2 Å². The van der Waals surface area contributed by atoms with Gasteiger partial charge in [-0.05, 0) is 49.7 Å². The van der Waals surface area contributed by atoms with Gasteiger partial charge < -0.3 is 9.80 Å². The van der Waals surface area contributed by atoms with Crippen molar-refractivity contribution in [2.24, 2.45) is 0 Å². The Hall–Kier alpha value is -2.38. The number of sulfonamides is 1. The molecular weight excluding hydrogens is 374 g/mol. The molecule has 2 aromatic rings. The van der Waals surface area contributed by atoms with E-state index in [9.17, 15) is 13.2 Å². The van der Waals surface area contributed by atoms with Crippen LogP contribution in [0.2, 0.25) is 0 Å². The fraction of sp³-hybridized carbons (Fsp3) is 0.381. The molecule has 0 N–H and O–H groups in total. The molecule has 4 rings (SSSR count). The van der Waals surface area contributed by atoms with E-state index in [0.717, 1.165) is 16.9 Å². The second kappa shape index (κ2) is 6.90. The van der Waals surface area contributed by atoms with Crippen LogP contribution in [0.15, 0.2) is 53.4 Å². The van der Waals surface area contributed by atoms with Crippen LogP contribution in [0.5, 0.6) is 0 Å². The maximum Gasteiger partial charge on any atom is 0.243 e. The number of likely N-dealkylation sites (N-methyl/N-ethyl adjacent to an activating group) is 1. The lowest BCUT2D eigenvalue weighted by molar-refractivity contribution is -0.117. The van der Waals surface area contributed by atoms with Gasteiger partial charge in [0, 0.05) is 43.6 Å². The number of fused-ring (bicyclic) bond motifs is 1. The zero-order valence-electron chi connectivity index (χ0n) is 16.4. The van der Waals surface area contributed by atoms with Crippen LogP contribution >= 0.6 is 0 Å². The Bertz CT molecular complexity index is 995.